The Morgan fingerprint density at radius 1 is 1.21 bits per heavy atom. The molecule has 4 rings (SSSR count). The molecule has 2 aliphatic rings. The lowest BCUT2D eigenvalue weighted by molar-refractivity contribution is -0.113. The van der Waals surface area contributed by atoms with Gasteiger partial charge in [-0.05, 0) is 35.6 Å². The quantitative estimate of drug-likeness (QED) is 0.642. The van der Waals surface area contributed by atoms with E-state index in [2.05, 4.69) is 15.4 Å². The Labute approximate surface area is 199 Å². The van der Waals surface area contributed by atoms with E-state index in [0.29, 0.717) is 23.3 Å². The topological polar surface area (TPSA) is 105 Å². The zero-order chi connectivity index (χ0) is 24.2. The van der Waals surface area contributed by atoms with E-state index in [-0.39, 0.29) is 41.2 Å². The SMILES string of the molecule is CCNC(=O)c1noc(C2=CC(C(C)C)=C(O)CC2=O)c1-c1ccc(CN2CCOCC2)cc1. The Bertz CT molecular complexity index is 1120. The molecule has 1 aromatic carbocycles. The molecule has 34 heavy (non-hydrogen) atoms. The standard InChI is InChI=1S/C26H31N3O5/c1-4-27-26(32)24-23(18-7-5-17(6-8-18)15-29-9-11-33-12-10-29)25(34-28-24)20-13-19(16(2)3)21(30)14-22(20)31/h5-8,13,16,30H,4,9-12,14-15H2,1-3H3,(H,27,32). The number of benzene rings is 1. The molecule has 0 spiro atoms. The van der Waals surface area contributed by atoms with Crippen LogP contribution in [0.2, 0.25) is 0 Å². The lowest BCUT2D eigenvalue weighted by atomic mass is 9.87. The van der Waals surface area contributed by atoms with Gasteiger partial charge >= 0.3 is 0 Å². The molecule has 1 saturated heterocycles. The van der Waals surface area contributed by atoms with E-state index in [9.17, 15) is 14.7 Å². The maximum Gasteiger partial charge on any atom is 0.274 e. The first kappa shape index (κ1) is 23.9. The molecule has 1 aliphatic heterocycles. The first-order chi connectivity index (χ1) is 16.4. The van der Waals surface area contributed by atoms with Crippen molar-refractivity contribution in [1.82, 2.24) is 15.4 Å². The number of aliphatic hydroxyl groups is 1. The summed E-state index contributed by atoms with van der Waals surface area (Å²) < 4.78 is 11.0. The number of allylic oxidation sites excluding steroid dienone is 4. The number of aromatic nitrogens is 1. The predicted molar refractivity (Wildman–Crippen MR) is 128 cm³/mol. The molecule has 1 fully saturated rings. The number of rotatable bonds is 7. The van der Waals surface area contributed by atoms with Crippen molar-refractivity contribution >= 4 is 17.3 Å². The number of hydrogen-bond acceptors (Lipinski definition) is 7. The third kappa shape index (κ3) is 4.98. The number of ether oxygens (including phenoxy) is 1. The monoisotopic (exact) mass is 465 g/mol. The van der Waals surface area contributed by atoms with Crippen LogP contribution >= 0.6 is 0 Å². The highest BCUT2D eigenvalue weighted by Crippen LogP contribution is 2.37. The van der Waals surface area contributed by atoms with Crippen LogP contribution < -0.4 is 5.32 Å². The van der Waals surface area contributed by atoms with Gasteiger partial charge < -0.3 is 19.7 Å². The Balaban J connectivity index is 1.74. The summed E-state index contributed by atoms with van der Waals surface area (Å²) in [6.07, 6.45) is 1.55. The van der Waals surface area contributed by atoms with E-state index in [1.54, 1.807) is 6.08 Å². The third-order valence-corrected chi connectivity index (χ3v) is 6.13. The molecule has 0 atom stereocenters. The van der Waals surface area contributed by atoms with E-state index in [4.69, 9.17) is 9.26 Å². The first-order valence-electron chi connectivity index (χ1n) is 11.7. The lowest BCUT2D eigenvalue weighted by Gasteiger charge is -2.26. The van der Waals surface area contributed by atoms with Gasteiger partial charge in [0.25, 0.3) is 5.91 Å². The summed E-state index contributed by atoms with van der Waals surface area (Å²) in [4.78, 5) is 28.0. The molecule has 1 aliphatic carbocycles. The van der Waals surface area contributed by atoms with Gasteiger partial charge in [0.05, 0.1) is 30.8 Å². The molecule has 2 N–H and O–H groups in total. The Morgan fingerprint density at radius 2 is 1.91 bits per heavy atom. The molecule has 1 aromatic heterocycles. The van der Waals surface area contributed by atoms with Crippen molar-refractivity contribution in [3.8, 4) is 11.1 Å². The van der Waals surface area contributed by atoms with Gasteiger partial charge in [-0.3, -0.25) is 14.5 Å². The number of hydrogen-bond donors (Lipinski definition) is 2. The largest absolute Gasteiger partial charge is 0.512 e. The maximum atomic E-state index is 12.9. The van der Waals surface area contributed by atoms with Crippen LogP contribution in [0.25, 0.3) is 16.7 Å². The average Bonchev–Trinajstić information content (AvgIpc) is 3.25. The van der Waals surface area contributed by atoms with Crippen LogP contribution in [0.15, 0.2) is 46.2 Å². The molecule has 0 radical (unpaired) electrons. The molecule has 8 nitrogen and oxygen atoms in total. The van der Waals surface area contributed by atoms with Gasteiger partial charge in [0.2, 0.25) is 0 Å². The van der Waals surface area contributed by atoms with Crippen LogP contribution in [0.3, 0.4) is 0 Å². The Hall–Kier alpha value is -3.23. The minimum Gasteiger partial charge on any atom is -0.512 e. The van der Waals surface area contributed by atoms with Crippen LogP contribution in [0, 0.1) is 5.92 Å². The second-order valence-corrected chi connectivity index (χ2v) is 8.89. The van der Waals surface area contributed by atoms with Gasteiger partial charge in [-0.15, -0.1) is 0 Å². The van der Waals surface area contributed by atoms with Crippen molar-refractivity contribution in [2.45, 2.75) is 33.7 Å². The molecule has 2 aromatic rings. The van der Waals surface area contributed by atoms with Crippen LogP contribution in [-0.4, -0.2) is 59.7 Å². The van der Waals surface area contributed by atoms with Gasteiger partial charge in [-0.25, -0.2) is 0 Å². The predicted octanol–water partition coefficient (Wildman–Crippen LogP) is 3.75. The average molecular weight is 466 g/mol. The van der Waals surface area contributed by atoms with E-state index < -0.39 is 0 Å². The molecular weight excluding hydrogens is 434 g/mol. The van der Waals surface area contributed by atoms with Gasteiger partial charge in [-0.2, -0.15) is 0 Å². The van der Waals surface area contributed by atoms with Gasteiger partial charge in [0, 0.05) is 26.2 Å². The number of amides is 1. The smallest absolute Gasteiger partial charge is 0.274 e. The zero-order valence-electron chi connectivity index (χ0n) is 19.9. The minimum absolute atomic E-state index is 0.0248. The summed E-state index contributed by atoms with van der Waals surface area (Å²) >= 11 is 0. The summed E-state index contributed by atoms with van der Waals surface area (Å²) in [6.45, 7) is 10.3. The number of ketones is 1. The normalized spacial score (nSPS) is 17.3. The lowest BCUT2D eigenvalue weighted by Crippen LogP contribution is -2.35. The fourth-order valence-electron chi connectivity index (χ4n) is 4.30. The van der Waals surface area contributed by atoms with Crippen molar-refractivity contribution < 1.29 is 24.0 Å². The third-order valence-electron chi connectivity index (χ3n) is 6.13. The first-order valence-corrected chi connectivity index (χ1v) is 11.7. The molecule has 0 saturated carbocycles. The summed E-state index contributed by atoms with van der Waals surface area (Å²) in [5.74, 6) is -0.294. The number of carbonyl (C=O) groups excluding carboxylic acids is 2. The highest BCUT2D eigenvalue weighted by Gasteiger charge is 2.31. The number of carbonyl (C=O) groups is 2. The second-order valence-electron chi connectivity index (χ2n) is 8.89. The molecule has 0 unspecified atom stereocenters. The fraction of sp³-hybridized carbons (Fsp3) is 0.423. The Kier molecular flexibility index (Phi) is 7.29. The maximum absolute atomic E-state index is 12.9. The van der Waals surface area contributed by atoms with Crippen molar-refractivity contribution in [2.75, 3.05) is 32.8 Å². The highest BCUT2D eigenvalue weighted by molar-refractivity contribution is 6.24. The zero-order valence-corrected chi connectivity index (χ0v) is 19.9. The summed E-state index contributed by atoms with van der Waals surface area (Å²) in [7, 11) is 0. The Morgan fingerprint density at radius 3 is 2.56 bits per heavy atom. The van der Waals surface area contributed by atoms with Gasteiger partial charge in [0.15, 0.2) is 17.2 Å². The van der Waals surface area contributed by atoms with E-state index in [1.807, 2.05) is 45.0 Å². The van der Waals surface area contributed by atoms with Crippen molar-refractivity contribution in [1.29, 1.82) is 0 Å². The summed E-state index contributed by atoms with van der Waals surface area (Å²) in [5.41, 5.74) is 3.49. The number of nitrogens with one attached hydrogen (secondary N) is 1. The molecular formula is C26H31N3O5. The van der Waals surface area contributed by atoms with E-state index in [1.165, 1.54) is 0 Å². The van der Waals surface area contributed by atoms with Crippen LogP contribution in [0.4, 0.5) is 0 Å². The second kappa shape index (κ2) is 10.4. The highest BCUT2D eigenvalue weighted by atomic mass is 16.5. The van der Waals surface area contributed by atoms with Crippen LogP contribution in [0.5, 0.6) is 0 Å². The minimum atomic E-state index is -0.365. The number of morpholine rings is 1. The van der Waals surface area contributed by atoms with Crippen molar-refractivity contribution in [3.05, 3.63) is 58.7 Å². The number of Topliss-reactive ketones (excluding diaryl/α,β-unsaturated/α-hetero) is 1. The fourth-order valence-corrected chi connectivity index (χ4v) is 4.30. The van der Waals surface area contributed by atoms with Gasteiger partial charge in [-0.1, -0.05) is 43.3 Å². The van der Waals surface area contributed by atoms with Gasteiger partial charge in [0.1, 0.15) is 5.76 Å². The summed E-state index contributed by atoms with van der Waals surface area (Å²) in [5, 5.41) is 17.1. The molecule has 0 bridgehead atoms. The van der Waals surface area contributed by atoms with E-state index >= 15 is 0 Å². The van der Waals surface area contributed by atoms with E-state index in [0.717, 1.165) is 44.0 Å². The molecule has 180 valence electrons. The van der Waals surface area contributed by atoms with Crippen molar-refractivity contribution in [2.24, 2.45) is 5.92 Å². The number of aliphatic hydroxyl groups excluding tert-OH is 1. The molecule has 2 heterocycles. The van der Waals surface area contributed by atoms with Crippen LogP contribution in [0.1, 0.15) is 49.0 Å². The molecule has 1 amide bonds. The summed E-state index contributed by atoms with van der Waals surface area (Å²) in [6, 6.07) is 7.90. The number of nitrogens with zero attached hydrogens (tertiary/aromatic N) is 2. The van der Waals surface area contributed by atoms with Crippen LogP contribution in [-0.2, 0) is 16.1 Å². The van der Waals surface area contributed by atoms with Crippen molar-refractivity contribution in [3.63, 3.8) is 0 Å². The molecule has 8 heteroatoms.